The summed E-state index contributed by atoms with van der Waals surface area (Å²) in [7, 11) is -2.89. The van der Waals surface area contributed by atoms with Crippen molar-refractivity contribution in [3.63, 3.8) is 0 Å². The van der Waals surface area contributed by atoms with Crippen molar-refractivity contribution in [2.24, 2.45) is 0 Å². The highest BCUT2D eigenvalue weighted by molar-refractivity contribution is 7.92. The van der Waals surface area contributed by atoms with Crippen LogP contribution in [0.5, 0.6) is 5.75 Å². The van der Waals surface area contributed by atoms with Crippen molar-refractivity contribution >= 4 is 20.9 Å². The van der Waals surface area contributed by atoms with Gasteiger partial charge in [0.05, 0.1) is 23.1 Å². The molecule has 0 spiro atoms. The molecule has 0 atom stereocenters. The van der Waals surface area contributed by atoms with Crippen LogP contribution in [0, 0.1) is 0 Å². The highest BCUT2D eigenvalue weighted by Gasteiger charge is 2.36. The number of fused-ring (bicyclic) bond motifs is 1. The molecule has 0 aliphatic carbocycles. The molecule has 0 bridgehead atoms. The van der Waals surface area contributed by atoms with Gasteiger partial charge >= 0.3 is 0 Å². The van der Waals surface area contributed by atoms with Gasteiger partial charge in [0, 0.05) is 0 Å². The van der Waals surface area contributed by atoms with Crippen LogP contribution in [0.1, 0.15) is 6.04 Å². The van der Waals surface area contributed by atoms with Gasteiger partial charge in [0.1, 0.15) is 5.75 Å². The lowest BCUT2D eigenvalue weighted by Crippen LogP contribution is -2.38. The van der Waals surface area contributed by atoms with Crippen molar-refractivity contribution in [3.05, 3.63) is 18.2 Å². The maximum Gasteiger partial charge on any atom is 0.154 e. The first kappa shape index (κ1) is 9.59. The van der Waals surface area contributed by atoms with Crippen molar-refractivity contribution in [2.45, 2.75) is 6.04 Å². The highest BCUT2D eigenvalue weighted by Crippen LogP contribution is 2.28. The predicted octanol–water partition coefficient (Wildman–Crippen LogP) is 0.106. The Labute approximate surface area is 91.4 Å². The van der Waals surface area contributed by atoms with E-state index < -0.39 is 9.84 Å². The Morgan fingerprint density at radius 3 is 2.81 bits per heavy atom. The van der Waals surface area contributed by atoms with Crippen molar-refractivity contribution in [3.8, 4) is 5.75 Å². The zero-order chi connectivity index (χ0) is 11.3. The fourth-order valence-electron chi connectivity index (χ4n) is 1.90. The van der Waals surface area contributed by atoms with E-state index in [4.69, 9.17) is 0 Å². The maximum absolute atomic E-state index is 11.1. The van der Waals surface area contributed by atoms with E-state index in [0.29, 0.717) is 11.0 Å². The van der Waals surface area contributed by atoms with E-state index >= 15 is 0 Å². The summed E-state index contributed by atoms with van der Waals surface area (Å²) < 4.78 is 23.7. The van der Waals surface area contributed by atoms with Gasteiger partial charge in [-0.15, -0.1) is 5.10 Å². The van der Waals surface area contributed by atoms with E-state index in [2.05, 4.69) is 10.3 Å². The molecule has 1 saturated heterocycles. The predicted molar refractivity (Wildman–Crippen MR) is 56.9 cm³/mol. The Morgan fingerprint density at radius 2 is 2.12 bits per heavy atom. The minimum absolute atomic E-state index is 0.0610. The van der Waals surface area contributed by atoms with Gasteiger partial charge in [-0.2, -0.15) is 0 Å². The van der Waals surface area contributed by atoms with Gasteiger partial charge in [0.25, 0.3) is 0 Å². The highest BCUT2D eigenvalue weighted by atomic mass is 32.2. The Morgan fingerprint density at radius 1 is 1.38 bits per heavy atom. The molecule has 2 aromatic rings. The lowest BCUT2D eigenvalue weighted by Gasteiger charge is -2.25. The van der Waals surface area contributed by atoms with Gasteiger partial charge in [-0.1, -0.05) is 11.3 Å². The molecular weight excluding hydrogens is 230 g/mol. The largest absolute Gasteiger partial charge is 0.506 e. The summed E-state index contributed by atoms with van der Waals surface area (Å²) in [5, 5.41) is 17.2. The first-order chi connectivity index (χ1) is 7.57. The summed E-state index contributed by atoms with van der Waals surface area (Å²) in [6.45, 7) is 0. The number of sulfone groups is 1. The van der Waals surface area contributed by atoms with Crippen molar-refractivity contribution < 1.29 is 13.5 Å². The number of aromatic nitrogens is 3. The molecule has 3 rings (SSSR count). The number of aromatic hydroxyl groups is 1. The maximum atomic E-state index is 11.1. The Kier molecular flexibility index (Phi) is 1.76. The first-order valence-electron chi connectivity index (χ1n) is 4.80. The Balaban J connectivity index is 2.09. The molecule has 84 valence electrons. The minimum Gasteiger partial charge on any atom is -0.506 e. The lowest BCUT2D eigenvalue weighted by molar-refractivity contribution is 0.473. The van der Waals surface area contributed by atoms with Gasteiger partial charge in [-0.3, -0.25) is 0 Å². The van der Waals surface area contributed by atoms with E-state index in [9.17, 15) is 13.5 Å². The van der Waals surface area contributed by atoms with Crippen LogP contribution in [0.3, 0.4) is 0 Å². The third kappa shape index (κ3) is 1.28. The number of nitrogens with zero attached hydrogens (tertiary/aromatic N) is 3. The third-order valence-corrected chi connectivity index (χ3v) is 4.51. The molecule has 0 unspecified atom stereocenters. The summed E-state index contributed by atoms with van der Waals surface area (Å²) in [5.41, 5.74) is 1.08. The fraction of sp³-hybridized carbons (Fsp3) is 0.333. The second kappa shape index (κ2) is 2.94. The number of benzene rings is 1. The van der Waals surface area contributed by atoms with Crippen LogP contribution in [0.2, 0.25) is 0 Å². The molecule has 0 saturated carbocycles. The van der Waals surface area contributed by atoms with Crippen molar-refractivity contribution in [2.75, 3.05) is 11.5 Å². The molecule has 1 aliphatic heterocycles. The van der Waals surface area contributed by atoms with Crippen LogP contribution in [0.4, 0.5) is 0 Å². The molecule has 2 heterocycles. The first-order valence-corrected chi connectivity index (χ1v) is 6.62. The van der Waals surface area contributed by atoms with E-state index in [0.717, 1.165) is 0 Å². The molecule has 7 heteroatoms. The zero-order valence-corrected chi connectivity index (χ0v) is 9.05. The summed E-state index contributed by atoms with van der Waals surface area (Å²) in [5.74, 6) is 0.258. The molecule has 16 heavy (non-hydrogen) atoms. The van der Waals surface area contributed by atoms with Crippen molar-refractivity contribution in [1.82, 2.24) is 15.0 Å². The van der Waals surface area contributed by atoms with Gasteiger partial charge in [0.2, 0.25) is 0 Å². The molecule has 1 fully saturated rings. The molecule has 0 radical (unpaired) electrons. The van der Waals surface area contributed by atoms with E-state index in [1.54, 1.807) is 16.8 Å². The third-order valence-electron chi connectivity index (χ3n) is 2.72. The molecular formula is C9H9N3O3S. The van der Waals surface area contributed by atoms with Crippen molar-refractivity contribution in [1.29, 1.82) is 0 Å². The smallest absolute Gasteiger partial charge is 0.154 e. The second-order valence-corrected chi connectivity index (χ2v) is 6.06. The van der Waals surface area contributed by atoms with E-state index in [1.165, 1.54) is 6.07 Å². The average Bonchev–Trinajstić information content (AvgIpc) is 2.59. The van der Waals surface area contributed by atoms with E-state index in [1.807, 2.05) is 0 Å². The monoisotopic (exact) mass is 239 g/mol. The summed E-state index contributed by atoms with van der Waals surface area (Å²) in [4.78, 5) is 0. The van der Waals surface area contributed by atoms with Crippen LogP contribution < -0.4 is 0 Å². The van der Waals surface area contributed by atoms with Crippen LogP contribution in [-0.2, 0) is 9.84 Å². The average molecular weight is 239 g/mol. The molecule has 1 N–H and O–H groups in total. The number of rotatable bonds is 1. The summed E-state index contributed by atoms with van der Waals surface area (Å²) in [6.07, 6.45) is 0. The standard InChI is InChI=1S/C9H9N3O3S/c13-8-3-1-2-7-9(8)10-11-12(7)6-4-16(14,15)5-6/h1-3,6,13H,4-5H2. The topological polar surface area (TPSA) is 85.1 Å². The Bertz CT molecular complexity index is 650. The molecule has 6 nitrogen and oxygen atoms in total. The van der Waals surface area contributed by atoms with Crippen LogP contribution >= 0.6 is 0 Å². The number of phenolic OH excluding ortho intramolecular Hbond substituents is 1. The lowest BCUT2D eigenvalue weighted by atomic mass is 10.2. The normalized spacial score (nSPS) is 19.8. The minimum atomic E-state index is -2.89. The SMILES string of the molecule is O=S1(=O)CC(n2nnc3c(O)cccc32)C1. The fourth-order valence-corrected chi connectivity index (χ4v) is 3.25. The number of hydrogen-bond donors (Lipinski definition) is 1. The number of phenols is 1. The molecule has 1 aliphatic rings. The molecule has 1 aromatic carbocycles. The Hall–Kier alpha value is -1.63. The van der Waals surface area contributed by atoms with E-state index in [-0.39, 0.29) is 23.3 Å². The molecule has 0 amide bonds. The van der Waals surface area contributed by atoms with Crippen LogP contribution in [0.25, 0.3) is 11.0 Å². The molecule has 1 aromatic heterocycles. The quantitative estimate of drug-likeness (QED) is 0.763. The van der Waals surface area contributed by atoms with Gasteiger partial charge in [-0.05, 0) is 12.1 Å². The van der Waals surface area contributed by atoms with Gasteiger partial charge < -0.3 is 5.11 Å². The van der Waals surface area contributed by atoms with Crippen LogP contribution in [0.15, 0.2) is 18.2 Å². The number of hydrogen-bond acceptors (Lipinski definition) is 5. The van der Waals surface area contributed by atoms with Gasteiger partial charge in [0.15, 0.2) is 15.4 Å². The summed E-state index contributed by atoms with van der Waals surface area (Å²) >= 11 is 0. The zero-order valence-electron chi connectivity index (χ0n) is 8.24. The summed E-state index contributed by atoms with van der Waals surface area (Å²) in [6, 6.07) is 4.82. The second-order valence-electron chi connectivity index (χ2n) is 3.91. The van der Waals surface area contributed by atoms with Gasteiger partial charge in [-0.25, -0.2) is 13.1 Å². The van der Waals surface area contributed by atoms with Crippen LogP contribution in [-0.4, -0.2) is 40.0 Å².